The van der Waals surface area contributed by atoms with Crippen molar-refractivity contribution in [3.05, 3.63) is 44.9 Å². The standard InChI is InChI=1S/C19H24N4O4/c1-3-27-14-12-13(19(14)9-5-6-10-19)21(2)17-16(23(25)26)18(24)22-11-7-4-8-15(22)20-17/h4,7-8,11,13-14H,3,5-6,9-10,12H2,1-2H3. The van der Waals surface area contributed by atoms with Gasteiger partial charge in [0.1, 0.15) is 5.65 Å². The maximum absolute atomic E-state index is 12.7. The molecule has 2 aromatic heterocycles. The van der Waals surface area contributed by atoms with Crippen LogP contribution in [0.5, 0.6) is 0 Å². The molecule has 0 saturated heterocycles. The number of nitrogens with zero attached hydrogens (tertiary/aromatic N) is 4. The van der Waals surface area contributed by atoms with Crippen LogP contribution in [0.1, 0.15) is 39.0 Å². The van der Waals surface area contributed by atoms with E-state index in [2.05, 4.69) is 4.98 Å². The van der Waals surface area contributed by atoms with Gasteiger partial charge in [-0.3, -0.25) is 19.3 Å². The van der Waals surface area contributed by atoms with Crippen LogP contribution in [-0.2, 0) is 4.74 Å². The lowest BCUT2D eigenvalue weighted by molar-refractivity contribution is -0.385. The second kappa shape index (κ2) is 6.60. The highest BCUT2D eigenvalue weighted by Crippen LogP contribution is 2.57. The second-order valence-corrected chi connectivity index (χ2v) is 7.52. The molecule has 2 aliphatic carbocycles. The van der Waals surface area contributed by atoms with Gasteiger partial charge in [0, 0.05) is 31.3 Å². The molecule has 0 radical (unpaired) electrons. The maximum atomic E-state index is 12.7. The summed E-state index contributed by atoms with van der Waals surface area (Å²) < 4.78 is 7.18. The molecule has 1 spiro atoms. The van der Waals surface area contributed by atoms with Crippen LogP contribution in [0.15, 0.2) is 29.2 Å². The molecule has 2 aromatic rings. The van der Waals surface area contributed by atoms with E-state index in [1.807, 2.05) is 18.9 Å². The number of ether oxygens (including phenoxy) is 1. The van der Waals surface area contributed by atoms with Gasteiger partial charge in [0.15, 0.2) is 0 Å². The van der Waals surface area contributed by atoms with Crippen molar-refractivity contribution in [1.82, 2.24) is 9.38 Å². The largest absolute Gasteiger partial charge is 0.378 e. The van der Waals surface area contributed by atoms with E-state index in [1.54, 1.807) is 18.2 Å². The van der Waals surface area contributed by atoms with Crippen molar-refractivity contribution >= 4 is 17.2 Å². The molecule has 2 heterocycles. The quantitative estimate of drug-likeness (QED) is 0.592. The summed E-state index contributed by atoms with van der Waals surface area (Å²) in [5.74, 6) is 0.155. The molecule has 0 aliphatic heterocycles. The molecule has 8 heteroatoms. The van der Waals surface area contributed by atoms with Crippen LogP contribution in [0, 0.1) is 15.5 Å². The lowest BCUT2D eigenvalue weighted by atomic mass is 9.60. The van der Waals surface area contributed by atoms with Crippen LogP contribution >= 0.6 is 0 Å². The third-order valence-corrected chi connectivity index (χ3v) is 6.32. The summed E-state index contributed by atoms with van der Waals surface area (Å²) in [4.78, 5) is 30.2. The predicted octanol–water partition coefficient (Wildman–Crippen LogP) is 2.78. The number of hydrogen-bond donors (Lipinski definition) is 0. The normalized spacial score (nSPS) is 23.5. The van der Waals surface area contributed by atoms with Gasteiger partial charge < -0.3 is 9.64 Å². The zero-order chi connectivity index (χ0) is 19.2. The van der Waals surface area contributed by atoms with E-state index < -0.39 is 16.2 Å². The Kier molecular flexibility index (Phi) is 4.38. The van der Waals surface area contributed by atoms with Crippen molar-refractivity contribution < 1.29 is 9.66 Å². The van der Waals surface area contributed by atoms with Crippen LogP contribution in [-0.4, -0.2) is 40.1 Å². The van der Waals surface area contributed by atoms with E-state index in [0.717, 1.165) is 32.1 Å². The van der Waals surface area contributed by atoms with Crippen molar-refractivity contribution in [3.63, 3.8) is 0 Å². The first-order chi connectivity index (χ1) is 13.0. The van der Waals surface area contributed by atoms with Crippen molar-refractivity contribution in [3.8, 4) is 0 Å². The number of anilines is 1. The number of fused-ring (bicyclic) bond motifs is 1. The van der Waals surface area contributed by atoms with Crippen LogP contribution in [0.25, 0.3) is 5.65 Å². The second-order valence-electron chi connectivity index (χ2n) is 7.52. The van der Waals surface area contributed by atoms with E-state index in [4.69, 9.17) is 4.74 Å². The SMILES string of the molecule is CCOC1CC(N(C)c2nc3ccccn3c(=O)c2[N+](=O)[O-])C12CCCC2. The molecular weight excluding hydrogens is 348 g/mol. The van der Waals surface area contributed by atoms with E-state index in [-0.39, 0.29) is 23.4 Å². The van der Waals surface area contributed by atoms with Crippen LogP contribution in [0.2, 0.25) is 0 Å². The minimum atomic E-state index is -0.645. The highest BCUT2D eigenvalue weighted by atomic mass is 16.6. The molecule has 0 aromatic carbocycles. The highest BCUT2D eigenvalue weighted by Gasteiger charge is 2.59. The molecule has 2 fully saturated rings. The number of rotatable bonds is 5. The van der Waals surface area contributed by atoms with Crippen LogP contribution in [0.3, 0.4) is 0 Å². The van der Waals surface area contributed by atoms with E-state index >= 15 is 0 Å². The first-order valence-corrected chi connectivity index (χ1v) is 9.50. The Morgan fingerprint density at radius 1 is 1.41 bits per heavy atom. The van der Waals surface area contributed by atoms with Gasteiger partial charge in [-0.1, -0.05) is 18.9 Å². The van der Waals surface area contributed by atoms with Crippen LogP contribution in [0.4, 0.5) is 11.5 Å². The van der Waals surface area contributed by atoms with E-state index in [0.29, 0.717) is 12.3 Å². The third kappa shape index (κ3) is 2.62. The van der Waals surface area contributed by atoms with Gasteiger partial charge in [0.05, 0.1) is 11.0 Å². The fourth-order valence-corrected chi connectivity index (χ4v) is 5.02. The molecule has 0 bridgehead atoms. The Bertz CT molecular complexity index is 935. The van der Waals surface area contributed by atoms with E-state index in [9.17, 15) is 14.9 Å². The average molecular weight is 372 g/mol. The lowest BCUT2D eigenvalue weighted by Crippen LogP contribution is -2.63. The molecule has 0 N–H and O–H groups in total. The van der Waals surface area contributed by atoms with Gasteiger partial charge in [-0.25, -0.2) is 4.98 Å². The Balaban J connectivity index is 1.79. The van der Waals surface area contributed by atoms with Gasteiger partial charge in [0.2, 0.25) is 5.82 Å². The number of aromatic nitrogens is 2. The van der Waals surface area contributed by atoms with Crippen molar-refractivity contribution in [2.75, 3.05) is 18.6 Å². The number of nitro groups is 1. The molecule has 4 rings (SSSR count). The van der Waals surface area contributed by atoms with Gasteiger partial charge >= 0.3 is 11.2 Å². The summed E-state index contributed by atoms with van der Waals surface area (Å²) in [5, 5.41) is 11.7. The van der Waals surface area contributed by atoms with Gasteiger partial charge in [-0.05, 0) is 38.3 Å². The summed E-state index contributed by atoms with van der Waals surface area (Å²) in [6.45, 7) is 2.66. The molecule has 144 valence electrons. The highest BCUT2D eigenvalue weighted by molar-refractivity contribution is 5.62. The Hall–Kier alpha value is -2.48. The summed E-state index contributed by atoms with van der Waals surface area (Å²) in [6, 6.07) is 5.21. The zero-order valence-corrected chi connectivity index (χ0v) is 15.6. The number of hydrogen-bond acceptors (Lipinski definition) is 6. The minimum Gasteiger partial charge on any atom is -0.378 e. The molecule has 27 heavy (non-hydrogen) atoms. The summed E-state index contributed by atoms with van der Waals surface area (Å²) in [6.07, 6.45) is 6.87. The Labute approximate surface area is 156 Å². The molecule has 0 amide bonds. The molecule has 2 aliphatic rings. The topological polar surface area (TPSA) is 90.0 Å². The maximum Gasteiger partial charge on any atom is 0.376 e. The summed E-state index contributed by atoms with van der Waals surface area (Å²) >= 11 is 0. The predicted molar refractivity (Wildman–Crippen MR) is 101 cm³/mol. The third-order valence-electron chi connectivity index (χ3n) is 6.32. The van der Waals surface area contributed by atoms with Gasteiger partial charge in [-0.2, -0.15) is 0 Å². The first-order valence-electron chi connectivity index (χ1n) is 9.50. The summed E-state index contributed by atoms with van der Waals surface area (Å²) in [7, 11) is 1.82. The fraction of sp³-hybridized carbons (Fsp3) is 0.579. The monoisotopic (exact) mass is 372 g/mol. The van der Waals surface area contributed by atoms with Crippen molar-refractivity contribution in [1.29, 1.82) is 0 Å². The summed E-state index contributed by atoms with van der Waals surface area (Å²) in [5.41, 5.74) is -0.693. The Morgan fingerprint density at radius 2 is 2.15 bits per heavy atom. The van der Waals surface area contributed by atoms with Gasteiger partial charge in [-0.15, -0.1) is 0 Å². The molecule has 2 saturated carbocycles. The molecule has 2 atom stereocenters. The van der Waals surface area contributed by atoms with Crippen molar-refractivity contribution in [2.45, 2.75) is 51.2 Å². The average Bonchev–Trinajstić information content (AvgIpc) is 3.17. The van der Waals surface area contributed by atoms with Crippen LogP contribution < -0.4 is 10.5 Å². The molecule has 2 unspecified atom stereocenters. The minimum absolute atomic E-state index is 0.00213. The number of pyridine rings is 1. The van der Waals surface area contributed by atoms with E-state index in [1.165, 1.54) is 10.6 Å². The zero-order valence-electron chi connectivity index (χ0n) is 15.6. The van der Waals surface area contributed by atoms with Crippen molar-refractivity contribution in [2.24, 2.45) is 5.41 Å². The first kappa shape index (κ1) is 17.9. The Morgan fingerprint density at radius 3 is 2.81 bits per heavy atom. The fourth-order valence-electron chi connectivity index (χ4n) is 5.02. The molecule has 8 nitrogen and oxygen atoms in total. The lowest BCUT2D eigenvalue weighted by Gasteiger charge is -2.57. The smallest absolute Gasteiger partial charge is 0.376 e. The van der Waals surface area contributed by atoms with Gasteiger partial charge in [0.25, 0.3) is 0 Å². The molecular formula is C19H24N4O4.